The van der Waals surface area contributed by atoms with Crippen molar-refractivity contribution in [3.63, 3.8) is 0 Å². The molecule has 0 bridgehead atoms. The Balaban J connectivity index is 1.94. The maximum Gasteiger partial charge on any atom is 0.261 e. The highest BCUT2D eigenvalue weighted by molar-refractivity contribution is 6.31. The summed E-state index contributed by atoms with van der Waals surface area (Å²) in [6, 6.07) is 5.92. The van der Waals surface area contributed by atoms with Crippen molar-refractivity contribution >= 4 is 22.5 Å². The molecule has 4 rings (SSSR count). The Hall–Kier alpha value is -1.39. The Kier molecular flexibility index (Phi) is 3.05. The fourth-order valence-electron chi connectivity index (χ4n) is 3.92. The minimum absolute atomic E-state index is 0.0594. The van der Waals surface area contributed by atoms with Crippen LogP contribution in [-0.2, 0) is 6.54 Å². The highest BCUT2D eigenvalue weighted by Gasteiger charge is 2.36. The number of likely N-dealkylation sites (tertiary alicyclic amines) is 1. The normalized spacial score (nSPS) is 25.6. The van der Waals surface area contributed by atoms with E-state index in [0.29, 0.717) is 22.4 Å². The van der Waals surface area contributed by atoms with Gasteiger partial charge >= 0.3 is 0 Å². The quantitative estimate of drug-likeness (QED) is 0.751. The summed E-state index contributed by atoms with van der Waals surface area (Å²) < 4.78 is 1.87. The number of hydrogen-bond acceptors (Lipinski definition) is 3. The van der Waals surface area contributed by atoms with E-state index >= 15 is 0 Å². The predicted octanol–water partition coefficient (Wildman–Crippen LogP) is 2.63. The van der Waals surface area contributed by atoms with Crippen molar-refractivity contribution < 1.29 is 0 Å². The molecule has 1 saturated heterocycles. The molecule has 1 fully saturated rings. The third-order valence-corrected chi connectivity index (χ3v) is 5.22. The molecule has 0 unspecified atom stereocenters. The van der Waals surface area contributed by atoms with Gasteiger partial charge in [0.15, 0.2) is 0 Å². The van der Waals surface area contributed by atoms with Gasteiger partial charge in [-0.25, -0.2) is 4.98 Å². The molecule has 3 heterocycles. The van der Waals surface area contributed by atoms with Crippen molar-refractivity contribution in [2.75, 3.05) is 13.6 Å². The SMILES string of the molecule is CN1CCC[C@H]2c3nc4ccc(Cl)cc4c(=O)n3CC[C@@H]21. The summed E-state index contributed by atoms with van der Waals surface area (Å²) in [6.45, 7) is 1.91. The lowest BCUT2D eigenvalue weighted by molar-refractivity contribution is 0.123. The molecule has 1 aromatic carbocycles. The van der Waals surface area contributed by atoms with E-state index in [-0.39, 0.29) is 5.56 Å². The van der Waals surface area contributed by atoms with Gasteiger partial charge in [0.2, 0.25) is 0 Å². The third-order valence-electron chi connectivity index (χ3n) is 4.98. The first-order valence-electron chi connectivity index (χ1n) is 7.55. The Morgan fingerprint density at radius 1 is 1.29 bits per heavy atom. The number of nitrogens with zero attached hydrogens (tertiary/aromatic N) is 3. The highest BCUT2D eigenvalue weighted by Crippen LogP contribution is 2.36. The van der Waals surface area contributed by atoms with Crippen LogP contribution >= 0.6 is 11.6 Å². The number of benzene rings is 1. The van der Waals surface area contributed by atoms with Crippen LogP contribution in [0.4, 0.5) is 0 Å². The zero-order valence-electron chi connectivity index (χ0n) is 12.1. The van der Waals surface area contributed by atoms with Crippen LogP contribution in [-0.4, -0.2) is 34.1 Å². The molecule has 1 aromatic heterocycles. The van der Waals surface area contributed by atoms with Crippen molar-refractivity contribution in [2.24, 2.45) is 0 Å². The Bertz CT molecular complexity index is 770. The fourth-order valence-corrected chi connectivity index (χ4v) is 4.09. The monoisotopic (exact) mass is 303 g/mol. The number of rotatable bonds is 0. The van der Waals surface area contributed by atoms with Crippen LogP contribution in [0.25, 0.3) is 10.9 Å². The zero-order chi connectivity index (χ0) is 14.6. The molecule has 0 spiro atoms. The molecular weight excluding hydrogens is 286 g/mol. The van der Waals surface area contributed by atoms with Crippen LogP contribution in [0.5, 0.6) is 0 Å². The van der Waals surface area contributed by atoms with E-state index in [4.69, 9.17) is 16.6 Å². The molecule has 5 heteroatoms. The van der Waals surface area contributed by atoms with Crippen LogP contribution in [0.15, 0.2) is 23.0 Å². The minimum Gasteiger partial charge on any atom is -0.303 e. The molecule has 4 nitrogen and oxygen atoms in total. The van der Waals surface area contributed by atoms with Crippen LogP contribution < -0.4 is 5.56 Å². The summed E-state index contributed by atoms with van der Waals surface area (Å²) in [7, 11) is 2.19. The van der Waals surface area contributed by atoms with Crippen molar-refractivity contribution in [1.82, 2.24) is 14.5 Å². The molecule has 0 aliphatic carbocycles. The summed E-state index contributed by atoms with van der Waals surface area (Å²) in [5, 5.41) is 1.22. The number of halogens is 1. The molecule has 0 saturated carbocycles. The number of likely N-dealkylation sites (N-methyl/N-ethyl adjacent to an activating group) is 1. The second-order valence-corrected chi connectivity index (χ2v) is 6.61. The lowest BCUT2D eigenvalue weighted by atomic mass is 9.84. The second kappa shape index (κ2) is 4.82. The average Bonchev–Trinajstić information content (AvgIpc) is 2.48. The van der Waals surface area contributed by atoms with E-state index < -0.39 is 0 Å². The van der Waals surface area contributed by atoms with Gasteiger partial charge in [-0.15, -0.1) is 0 Å². The molecule has 0 N–H and O–H groups in total. The van der Waals surface area contributed by atoms with Crippen LogP contribution in [0, 0.1) is 0 Å². The largest absolute Gasteiger partial charge is 0.303 e. The fraction of sp³-hybridized carbons (Fsp3) is 0.500. The minimum atomic E-state index is 0.0594. The number of hydrogen-bond donors (Lipinski definition) is 0. The topological polar surface area (TPSA) is 38.1 Å². The van der Waals surface area contributed by atoms with E-state index in [9.17, 15) is 4.79 Å². The maximum absolute atomic E-state index is 12.7. The van der Waals surface area contributed by atoms with Gasteiger partial charge in [0, 0.05) is 23.5 Å². The predicted molar refractivity (Wildman–Crippen MR) is 84.0 cm³/mol. The van der Waals surface area contributed by atoms with E-state index in [1.54, 1.807) is 12.1 Å². The van der Waals surface area contributed by atoms with E-state index in [0.717, 1.165) is 37.3 Å². The van der Waals surface area contributed by atoms with Crippen LogP contribution in [0.2, 0.25) is 5.02 Å². The van der Waals surface area contributed by atoms with Gasteiger partial charge in [-0.05, 0) is 51.1 Å². The lowest BCUT2D eigenvalue weighted by Gasteiger charge is -2.42. The summed E-state index contributed by atoms with van der Waals surface area (Å²) in [6.07, 6.45) is 3.33. The molecule has 0 radical (unpaired) electrons. The molecule has 2 aliphatic heterocycles. The molecule has 2 aromatic rings. The molecule has 110 valence electrons. The number of fused-ring (bicyclic) bond motifs is 4. The van der Waals surface area contributed by atoms with Gasteiger partial charge in [0.05, 0.1) is 10.9 Å². The Morgan fingerprint density at radius 2 is 2.14 bits per heavy atom. The van der Waals surface area contributed by atoms with Crippen molar-refractivity contribution in [3.05, 3.63) is 39.4 Å². The first-order chi connectivity index (χ1) is 10.1. The summed E-state index contributed by atoms with van der Waals surface area (Å²) in [5.41, 5.74) is 0.828. The molecule has 0 amide bonds. The third kappa shape index (κ3) is 2.00. The van der Waals surface area contributed by atoms with Gasteiger partial charge in [-0.1, -0.05) is 11.6 Å². The molecule has 2 atom stereocenters. The second-order valence-electron chi connectivity index (χ2n) is 6.17. The number of aromatic nitrogens is 2. The van der Waals surface area contributed by atoms with E-state index in [1.807, 2.05) is 10.6 Å². The molecular formula is C16H18ClN3O. The average molecular weight is 304 g/mol. The lowest BCUT2D eigenvalue weighted by Crippen LogP contribution is -2.47. The van der Waals surface area contributed by atoms with Crippen LogP contribution in [0.3, 0.4) is 0 Å². The maximum atomic E-state index is 12.7. The van der Waals surface area contributed by atoms with Gasteiger partial charge in [-0.2, -0.15) is 0 Å². The Morgan fingerprint density at radius 3 is 3.00 bits per heavy atom. The van der Waals surface area contributed by atoms with E-state index in [2.05, 4.69) is 11.9 Å². The van der Waals surface area contributed by atoms with Crippen LogP contribution in [0.1, 0.15) is 31.0 Å². The zero-order valence-corrected chi connectivity index (χ0v) is 12.8. The first kappa shape index (κ1) is 13.3. The van der Waals surface area contributed by atoms with Crippen molar-refractivity contribution in [2.45, 2.75) is 37.8 Å². The van der Waals surface area contributed by atoms with Gasteiger partial charge < -0.3 is 4.90 Å². The van der Waals surface area contributed by atoms with Gasteiger partial charge in [0.25, 0.3) is 5.56 Å². The molecule has 2 aliphatic rings. The first-order valence-corrected chi connectivity index (χ1v) is 7.93. The van der Waals surface area contributed by atoms with Gasteiger partial charge in [0.1, 0.15) is 5.82 Å². The molecule has 21 heavy (non-hydrogen) atoms. The highest BCUT2D eigenvalue weighted by atomic mass is 35.5. The summed E-state index contributed by atoms with van der Waals surface area (Å²) in [5.74, 6) is 1.35. The van der Waals surface area contributed by atoms with Crippen molar-refractivity contribution in [1.29, 1.82) is 0 Å². The van der Waals surface area contributed by atoms with Crippen molar-refractivity contribution in [3.8, 4) is 0 Å². The smallest absolute Gasteiger partial charge is 0.261 e. The number of piperidine rings is 1. The Labute approximate surface area is 128 Å². The summed E-state index contributed by atoms with van der Waals surface area (Å²) in [4.78, 5) is 20.0. The standard InChI is InChI=1S/C16H18ClN3O/c1-19-7-2-3-11-14(19)6-8-20-15(11)18-13-5-4-10(17)9-12(13)16(20)21/h4-5,9,11,14H,2-3,6-8H2,1H3/t11-,14+/m1/s1. The van der Waals surface area contributed by atoms with E-state index in [1.165, 1.54) is 6.42 Å². The van der Waals surface area contributed by atoms with Gasteiger partial charge in [-0.3, -0.25) is 9.36 Å². The summed E-state index contributed by atoms with van der Waals surface area (Å²) >= 11 is 6.02.